The molecule has 0 radical (unpaired) electrons. The molecule has 9 nitrogen and oxygen atoms in total. The molecule has 1 aromatic carbocycles. The molecule has 10 heteroatoms. The molecule has 1 saturated heterocycles. The molecule has 3 atom stereocenters. The van der Waals surface area contributed by atoms with E-state index in [1.165, 1.54) is 12.4 Å². The van der Waals surface area contributed by atoms with Crippen LogP contribution in [0, 0.1) is 0 Å². The summed E-state index contributed by atoms with van der Waals surface area (Å²) >= 11 is 0. The van der Waals surface area contributed by atoms with Crippen molar-refractivity contribution in [2.45, 2.75) is 43.4 Å². The van der Waals surface area contributed by atoms with E-state index in [1.54, 1.807) is 37.4 Å². The molecule has 6 rings (SSSR count). The molecule has 0 amide bonds. The molecule has 3 unspecified atom stereocenters. The van der Waals surface area contributed by atoms with Gasteiger partial charge in [0.25, 0.3) is 5.56 Å². The number of phenolic OH excluding ortho intramolecular Hbond substituents is 1. The van der Waals surface area contributed by atoms with Gasteiger partial charge >= 0.3 is 0 Å². The van der Waals surface area contributed by atoms with Gasteiger partial charge in [0.1, 0.15) is 16.0 Å². The number of phenols is 1. The summed E-state index contributed by atoms with van der Waals surface area (Å²) in [6.45, 7) is 6.75. The summed E-state index contributed by atoms with van der Waals surface area (Å²) in [4.78, 5) is 15.4. The Kier molecular flexibility index (Phi) is 5.92. The fourth-order valence-electron chi connectivity index (χ4n) is 5.60. The number of allylic oxidation sites excluding steroid dienone is 3. The second-order valence-electron chi connectivity index (χ2n) is 10.6. The first-order valence-corrected chi connectivity index (χ1v) is 14.3. The number of hydrogen-bond acceptors (Lipinski definition) is 6. The van der Waals surface area contributed by atoms with Crippen LogP contribution in [0.25, 0.3) is 10.9 Å². The van der Waals surface area contributed by atoms with Crippen LogP contribution in [0.5, 0.6) is 5.75 Å². The molecule has 2 N–H and O–H groups in total. The van der Waals surface area contributed by atoms with Gasteiger partial charge in [0.05, 0.1) is 25.5 Å². The van der Waals surface area contributed by atoms with E-state index >= 15 is 0 Å². The monoisotopic (exact) mass is 546 g/mol. The minimum Gasteiger partial charge on any atom is -0.508 e. The highest BCUT2D eigenvalue weighted by atomic mass is 32.2. The van der Waals surface area contributed by atoms with Gasteiger partial charge in [-0.05, 0) is 60.4 Å². The zero-order valence-corrected chi connectivity index (χ0v) is 22.7. The standard InChI is InChI=1S/C29H30N4O5S/c1-18-12-22(19(2)20-4-6-25(34)7-5-20)13-26(23-14-31-32(15-23)24-16-38-17-24)29(18,3)39(36,37)33-11-9-21-8-10-30-28(35)27(21)33/h4-15,19,24,26,34H,16-17H2,1-3H3,(H,30,35). The van der Waals surface area contributed by atoms with Crippen molar-refractivity contribution in [1.82, 2.24) is 18.7 Å². The maximum absolute atomic E-state index is 14.6. The zero-order chi connectivity index (χ0) is 27.5. The number of ether oxygens (including phenoxy) is 1. The molecule has 202 valence electrons. The van der Waals surface area contributed by atoms with Crippen LogP contribution in [-0.4, -0.2) is 50.2 Å². The summed E-state index contributed by atoms with van der Waals surface area (Å²) < 4.78 is 36.1. The van der Waals surface area contributed by atoms with Crippen LogP contribution < -0.4 is 5.56 Å². The molecule has 0 spiro atoms. The lowest BCUT2D eigenvalue weighted by molar-refractivity contribution is -0.0286. The number of hydrogen-bond donors (Lipinski definition) is 2. The Hall–Kier alpha value is -3.89. The van der Waals surface area contributed by atoms with E-state index in [0.717, 1.165) is 20.7 Å². The molecular weight excluding hydrogens is 516 g/mol. The van der Waals surface area contributed by atoms with Crippen molar-refractivity contribution in [3.05, 3.63) is 106 Å². The molecular formula is C29H30N4O5S. The van der Waals surface area contributed by atoms with Crippen molar-refractivity contribution < 1.29 is 18.3 Å². The first-order chi connectivity index (χ1) is 18.6. The van der Waals surface area contributed by atoms with Crippen LogP contribution in [-0.2, 0) is 14.8 Å². The fourth-order valence-corrected chi connectivity index (χ4v) is 7.65. The number of nitrogens with zero attached hydrogens (tertiary/aromatic N) is 3. The van der Waals surface area contributed by atoms with E-state index in [-0.39, 0.29) is 23.2 Å². The Morgan fingerprint density at radius 1 is 1.18 bits per heavy atom. The van der Waals surface area contributed by atoms with E-state index in [1.807, 2.05) is 42.1 Å². The Bertz CT molecular complexity index is 1790. The van der Waals surface area contributed by atoms with Crippen molar-refractivity contribution in [3.8, 4) is 5.75 Å². The largest absolute Gasteiger partial charge is 0.508 e. The summed E-state index contributed by atoms with van der Waals surface area (Å²) in [5.74, 6) is -0.453. The quantitative estimate of drug-likeness (QED) is 0.374. The van der Waals surface area contributed by atoms with E-state index in [2.05, 4.69) is 17.0 Å². The summed E-state index contributed by atoms with van der Waals surface area (Å²) in [7, 11) is -4.15. The maximum Gasteiger partial charge on any atom is 0.273 e. The summed E-state index contributed by atoms with van der Waals surface area (Å²) in [6, 6.07) is 10.5. The minimum absolute atomic E-state index is 0.0550. The van der Waals surface area contributed by atoms with Gasteiger partial charge in [-0.25, -0.2) is 12.4 Å². The number of H-pyrrole nitrogens is 1. The van der Waals surface area contributed by atoms with Crippen LogP contribution in [0.3, 0.4) is 0 Å². The van der Waals surface area contributed by atoms with Gasteiger partial charge in [-0.15, -0.1) is 0 Å². The lowest BCUT2D eigenvalue weighted by Crippen LogP contribution is -2.47. The number of aromatic nitrogens is 4. The second-order valence-corrected chi connectivity index (χ2v) is 12.8. The van der Waals surface area contributed by atoms with Gasteiger partial charge in [-0.2, -0.15) is 5.10 Å². The van der Waals surface area contributed by atoms with Gasteiger partial charge in [0, 0.05) is 35.8 Å². The molecule has 4 aromatic rings. The van der Waals surface area contributed by atoms with Crippen LogP contribution in [0.2, 0.25) is 0 Å². The van der Waals surface area contributed by atoms with Gasteiger partial charge in [-0.3, -0.25) is 9.48 Å². The van der Waals surface area contributed by atoms with Crippen molar-refractivity contribution in [2.75, 3.05) is 13.2 Å². The van der Waals surface area contributed by atoms with Crippen molar-refractivity contribution >= 4 is 20.9 Å². The molecule has 0 bridgehead atoms. The van der Waals surface area contributed by atoms with E-state index in [0.29, 0.717) is 24.2 Å². The topological polar surface area (TPSA) is 119 Å². The Balaban J connectivity index is 1.52. The van der Waals surface area contributed by atoms with E-state index < -0.39 is 26.2 Å². The molecule has 1 aliphatic heterocycles. The number of benzene rings is 1. The first-order valence-electron chi connectivity index (χ1n) is 12.9. The number of aromatic hydroxyl groups is 1. The highest BCUT2D eigenvalue weighted by Gasteiger charge is 2.51. The van der Waals surface area contributed by atoms with Crippen molar-refractivity contribution in [1.29, 1.82) is 0 Å². The number of aromatic amines is 1. The fraction of sp³-hybridized carbons (Fsp3) is 0.310. The van der Waals surface area contributed by atoms with Crippen molar-refractivity contribution in [3.63, 3.8) is 0 Å². The number of pyridine rings is 1. The second kappa shape index (κ2) is 9.10. The Labute approximate surface area is 226 Å². The lowest BCUT2D eigenvalue weighted by Gasteiger charge is -2.40. The summed E-state index contributed by atoms with van der Waals surface area (Å²) in [5.41, 5.74) is 3.02. The van der Waals surface area contributed by atoms with Crippen LogP contribution >= 0.6 is 0 Å². The van der Waals surface area contributed by atoms with Crippen LogP contribution in [0.4, 0.5) is 0 Å². The predicted octanol–water partition coefficient (Wildman–Crippen LogP) is 4.21. The highest BCUT2D eigenvalue weighted by Crippen LogP contribution is 2.48. The van der Waals surface area contributed by atoms with Gasteiger partial charge in [-0.1, -0.05) is 31.2 Å². The maximum atomic E-state index is 14.6. The van der Waals surface area contributed by atoms with Crippen LogP contribution in [0.1, 0.15) is 49.8 Å². The van der Waals surface area contributed by atoms with E-state index in [9.17, 15) is 18.3 Å². The Morgan fingerprint density at radius 3 is 2.62 bits per heavy atom. The first kappa shape index (κ1) is 25.4. The average molecular weight is 547 g/mol. The zero-order valence-electron chi connectivity index (χ0n) is 21.9. The van der Waals surface area contributed by atoms with E-state index in [4.69, 9.17) is 4.74 Å². The lowest BCUT2D eigenvalue weighted by atomic mass is 9.75. The molecule has 3 aromatic heterocycles. The van der Waals surface area contributed by atoms with Gasteiger partial charge in [0.2, 0.25) is 10.0 Å². The predicted molar refractivity (Wildman–Crippen MR) is 148 cm³/mol. The SMILES string of the molecule is CC1=CC(C(C)c2ccc(O)cc2)=CC(c2cnn(C3COC3)c2)C1(C)S(=O)(=O)n1ccc2cc[nH]c(=O)c21. The van der Waals surface area contributed by atoms with Gasteiger partial charge in [0.15, 0.2) is 0 Å². The summed E-state index contributed by atoms with van der Waals surface area (Å²) in [6.07, 6.45) is 10.6. The molecule has 4 heterocycles. The summed E-state index contributed by atoms with van der Waals surface area (Å²) in [5, 5.41) is 14.9. The van der Waals surface area contributed by atoms with Crippen LogP contribution in [0.15, 0.2) is 89.3 Å². The third kappa shape index (κ3) is 3.89. The Morgan fingerprint density at radius 2 is 1.92 bits per heavy atom. The molecule has 1 fully saturated rings. The smallest absolute Gasteiger partial charge is 0.273 e. The highest BCUT2D eigenvalue weighted by molar-refractivity contribution is 7.91. The molecule has 1 aliphatic carbocycles. The number of fused-ring (bicyclic) bond motifs is 1. The number of rotatable bonds is 6. The molecule has 2 aliphatic rings. The normalized spacial score (nSPS) is 22.8. The number of nitrogens with one attached hydrogen (secondary N) is 1. The molecule has 0 saturated carbocycles. The van der Waals surface area contributed by atoms with Gasteiger partial charge < -0.3 is 14.8 Å². The molecule has 39 heavy (non-hydrogen) atoms. The average Bonchev–Trinajstić information content (AvgIpc) is 3.53. The third-order valence-electron chi connectivity index (χ3n) is 8.36. The minimum atomic E-state index is -4.15. The third-order valence-corrected chi connectivity index (χ3v) is 10.8. The van der Waals surface area contributed by atoms with Crippen molar-refractivity contribution in [2.24, 2.45) is 0 Å².